The second-order valence-corrected chi connectivity index (χ2v) is 8.03. The first-order chi connectivity index (χ1) is 12.4. The summed E-state index contributed by atoms with van der Waals surface area (Å²) >= 11 is 1.07. The van der Waals surface area contributed by atoms with Gasteiger partial charge in [0.2, 0.25) is 10.0 Å². The Kier molecular flexibility index (Phi) is 5.24. The third-order valence-corrected chi connectivity index (χ3v) is 5.52. The van der Waals surface area contributed by atoms with Crippen molar-refractivity contribution in [1.82, 2.24) is 0 Å². The number of nitrogens with one attached hydrogen (secondary N) is 1. The molecule has 0 aliphatic heterocycles. The van der Waals surface area contributed by atoms with Crippen LogP contribution in [0.5, 0.6) is 11.5 Å². The highest BCUT2D eigenvalue weighted by molar-refractivity contribution is 7.91. The molecule has 3 rings (SSSR count). The van der Waals surface area contributed by atoms with Crippen LogP contribution in [0, 0.1) is 0 Å². The van der Waals surface area contributed by atoms with Crippen molar-refractivity contribution in [2.24, 2.45) is 0 Å². The van der Waals surface area contributed by atoms with Crippen LogP contribution < -0.4 is 9.46 Å². The Balaban J connectivity index is 1.67. The normalized spacial score (nSPS) is 11.1. The topological polar surface area (TPSA) is 92.7 Å². The summed E-state index contributed by atoms with van der Waals surface area (Å²) in [5.74, 6) is -0.514. The highest BCUT2D eigenvalue weighted by Gasteiger charge is 2.14. The number of thiophene rings is 1. The van der Waals surface area contributed by atoms with Crippen molar-refractivity contribution in [3.05, 3.63) is 76.5 Å². The molecule has 26 heavy (non-hydrogen) atoms. The summed E-state index contributed by atoms with van der Waals surface area (Å²) in [5, 5.41) is 10.7. The van der Waals surface area contributed by atoms with Crippen LogP contribution in [0.3, 0.4) is 0 Å². The molecule has 2 aromatic carbocycles. The average Bonchev–Trinajstić information content (AvgIpc) is 3.05. The molecule has 3 aromatic rings. The maximum absolute atomic E-state index is 12.2. The first kappa shape index (κ1) is 18.0. The van der Waals surface area contributed by atoms with E-state index in [-0.39, 0.29) is 16.4 Å². The Morgan fingerprint density at radius 1 is 1.04 bits per heavy atom. The highest BCUT2D eigenvalue weighted by atomic mass is 32.2. The Morgan fingerprint density at radius 3 is 2.38 bits per heavy atom. The van der Waals surface area contributed by atoms with E-state index in [2.05, 4.69) is 4.72 Å². The van der Waals surface area contributed by atoms with Crippen LogP contribution in [0.1, 0.15) is 15.2 Å². The standard InChI is InChI=1S/C18H15NO5S2/c20-18(21)17-16(10-11-25-17)24-15-8-6-14(7-9-15)19-26(22,23)12-13-4-2-1-3-5-13/h1-11,19H,12H2,(H,20,21). The fraction of sp³-hybridized carbons (Fsp3) is 0.0556. The van der Waals surface area contributed by atoms with Crippen LogP contribution in [-0.2, 0) is 15.8 Å². The summed E-state index contributed by atoms with van der Waals surface area (Å²) < 4.78 is 32.5. The van der Waals surface area contributed by atoms with Crippen molar-refractivity contribution in [2.45, 2.75) is 5.75 Å². The maximum Gasteiger partial charge on any atom is 0.349 e. The van der Waals surface area contributed by atoms with E-state index in [0.29, 0.717) is 17.0 Å². The van der Waals surface area contributed by atoms with E-state index in [0.717, 1.165) is 11.3 Å². The van der Waals surface area contributed by atoms with E-state index < -0.39 is 16.0 Å². The van der Waals surface area contributed by atoms with Gasteiger partial charge in [-0.3, -0.25) is 4.72 Å². The van der Waals surface area contributed by atoms with Gasteiger partial charge < -0.3 is 9.84 Å². The number of rotatable bonds is 7. The molecule has 0 atom stereocenters. The molecule has 0 amide bonds. The van der Waals surface area contributed by atoms with Gasteiger partial charge in [0.1, 0.15) is 5.75 Å². The Hall–Kier alpha value is -2.84. The number of aromatic carboxylic acids is 1. The van der Waals surface area contributed by atoms with Gasteiger partial charge in [0.05, 0.1) is 5.75 Å². The summed E-state index contributed by atoms with van der Waals surface area (Å²) in [6.07, 6.45) is 0. The van der Waals surface area contributed by atoms with E-state index in [4.69, 9.17) is 9.84 Å². The molecule has 2 N–H and O–H groups in total. The van der Waals surface area contributed by atoms with Crippen LogP contribution in [-0.4, -0.2) is 19.5 Å². The van der Waals surface area contributed by atoms with E-state index in [1.807, 2.05) is 6.07 Å². The van der Waals surface area contributed by atoms with Gasteiger partial charge in [0, 0.05) is 5.69 Å². The molecule has 8 heteroatoms. The molecule has 1 heterocycles. The van der Waals surface area contributed by atoms with E-state index >= 15 is 0 Å². The largest absolute Gasteiger partial charge is 0.477 e. The van der Waals surface area contributed by atoms with Crippen LogP contribution in [0.2, 0.25) is 0 Å². The number of ether oxygens (including phenoxy) is 1. The Bertz CT molecular complexity index is 996. The van der Waals surface area contributed by atoms with Gasteiger partial charge in [-0.15, -0.1) is 11.3 Å². The maximum atomic E-state index is 12.2. The zero-order chi connectivity index (χ0) is 18.6. The van der Waals surface area contributed by atoms with E-state index in [1.165, 1.54) is 0 Å². The average molecular weight is 389 g/mol. The summed E-state index contributed by atoms with van der Waals surface area (Å²) in [4.78, 5) is 11.2. The second-order valence-electron chi connectivity index (χ2n) is 5.39. The van der Waals surface area contributed by atoms with Crippen molar-refractivity contribution in [1.29, 1.82) is 0 Å². The predicted molar refractivity (Wildman–Crippen MR) is 100 cm³/mol. The van der Waals surface area contributed by atoms with Crippen molar-refractivity contribution in [2.75, 3.05) is 4.72 Å². The lowest BCUT2D eigenvalue weighted by Crippen LogP contribution is -2.14. The molecule has 134 valence electrons. The summed E-state index contributed by atoms with van der Waals surface area (Å²) in [6.45, 7) is 0. The number of benzene rings is 2. The molecule has 0 unspecified atom stereocenters. The molecule has 6 nitrogen and oxygen atoms in total. The number of anilines is 1. The zero-order valence-corrected chi connectivity index (χ0v) is 15.1. The summed E-state index contributed by atoms with van der Waals surface area (Å²) in [7, 11) is -3.54. The van der Waals surface area contributed by atoms with E-state index in [9.17, 15) is 13.2 Å². The molecule has 0 saturated heterocycles. The third-order valence-electron chi connectivity index (χ3n) is 3.38. The SMILES string of the molecule is O=C(O)c1sccc1Oc1ccc(NS(=O)(=O)Cc2ccccc2)cc1. The molecule has 0 radical (unpaired) electrons. The third kappa shape index (κ3) is 4.62. The molecule has 0 aliphatic rings. The van der Waals surface area contributed by atoms with Crippen molar-refractivity contribution < 1.29 is 23.1 Å². The van der Waals surface area contributed by atoms with Gasteiger partial charge >= 0.3 is 5.97 Å². The molecule has 0 saturated carbocycles. The Morgan fingerprint density at radius 2 is 1.73 bits per heavy atom. The minimum absolute atomic E-state index is 0.109. The molecule has 0 aliphatic carbocycles. The summed E-state index contributed by atoms with van der Waals surface area (Å²) in [5.41, 5.74) is 1.09. The van der Waals surface area contributed by atoms with Gasteiger partial charge in [0.25, 0.3) is 0 Å². The van der Waals surface area contributed by atoms with Gasteiger partial charge in [-0.2, -0.15) is 0 Å². The minimum Gasteiger partial charge on any atom is -0.477 e. The number of sulfonamides is 1. The number of carbonyl (C=O) groups is 1. The first-order valence-electron chi connectivity index (χ1n) is 7.56. The smallest absolute Gasteiger partial charge is 0.349 e. The fourth-order valence-corrected chi connectivity index (χ4v) is 4.11. The van der Waals surface area contributed by atoms with Crippen molar-refractivity contribution >= 4 is 33.0 Å². The van der Waals surface area contributed by atoms with Gasteiger partial charge in [0.15, 0.2) is 10.6 Å². The highest BCUT2D eigenvalue weighted by Crippen LogP contribution is 2.30. The van der Waals surface area contributed by atoms with Crippen LogP contribution in [0.25, 0.3) is 0 Å². The molecular weight excluding hydrogens is 374 g/mol. The number of carboxylic acids is 1. The molecule has 0 bridgehead atoms. The van der Waals surface area contributed by atoms with Gasteiger partial charge in [-0.25, -0.2) is 13.2 Å². The van der Waals surface area contributed by atoms with Crippen molar-refractivity contribution in [3.63, 3.8) is 0 Å². The van der Waals surface area contributed by atoms with Crippen LogP contribution in [0.15, 0.2) is 66.0 Å². The second kappa shape index (κ2) is 7.59. The number of hydrogen-bond donors (Lipinski definition) is 2. The fourth-order valence-electron chi connectivity index (χ4n) is 2.26. The van der Waals surface area contributed by atoms with E-state index in [1.54, 1.807) is 60.0 Å². The van der Waals surface area contributed by atoms with Gasteiger partial charge in [-0.05, 0) is 41.3 Å². The quantitative estimate of drug-likeness (QED) is 0.632. The number of carboxylic acid groups (broad SMARTS) is 1. The number of hydrogen-bond acceptors (Lipinski definition) is 5. The lowest BCUT2D eigenvalue weighted by molar-refractivity contribution is 0.0699. The predicted octanol–water partition coefficient (Wildman–Crippen LogP) is 4.18. The van der Waals surface area contributed by atoms with Crippen LogP contribution in [0.4, 0.5) is 5.69 Å². The van der Waals surface area contributed by atoms with Gasteiger partial charge in [-0.1, -0.05) is 30.3 Å². The lowest BCUT2D eigenvalue weighted by atomic mass is 10.2. The first-order valence-corrected chi connectivity index (χ1v) is 10.1. The van der Waals surface area contributed by atoms with Crippen molar-refractivity contribution in [3.8, 4) is 11.5 Å². The molecule has 1 aromatic heterocycles. The monoisotopic (exact) mass is 389 g/mol. The minimum atomic E-state index is -3.54. The lowest BCUT2D eigenvalue weighted by Gasteiger charge is -2.09. The van der Waals surface area contributed by atoms with Crippen LogP contribution >= 0.6 is 11.3 Å². The zero-order valence-electron chi connectivity index (χ0n) is 13.5. The Labute approximate surface area is 154 Å². The molecule has 0 fully saturated rings. The molecular formula is C18H15NO5S2. The molecule has 0 spiro atoms. The summed E-state index contributed by atoms with van der Waals surface area (Å²) in [6, 6.07) is 16.7.